The second-order valence-electron chi connectivity index (χ2n) is 12.3. The second kappa shape index (κ2) is 9.74. The Kier molecular flexibility index (Phi) is 7.38. The molecule has 0 radical (unpaired) electrons. The molecule has 35 heavy (non-hydrogen) atoms. The minimum atomic E-state index is -1.60. The van der Waals surface area contributed by atoms with Gasteiger partial charge in [0, 0.05) is 11.8 Å². The average Bonchev–Trinajstić information content (AvgIpc) is 3.09. The zero-order valence-electron chi connectivity index (χ0n) is 22.0. The second-order valence-corrected chi connectivity index (χ2v) is 12.3. The molecule has 3 fully saturated rings. The summed E-state index contributed by atoms with van der Waals surface area (Å²) in [6.45, 7) is 7.78. The number of Topliss-reactive ketones (excluding diaryl/α,β-unsaturated/α-hetero) is 1. The van der Waals surface area contributed by atoms with Gasteiger partial charge in [0.2, 0.25) is 5.78 Å². The number of unbranched alkanes of at least 4 members (excludes halogenated alkanes) is 1. The van der Waals surface area contributed by atoms with Crippen molar-refractivity contribution in [2.24, 2.45) is 34.5 Å². The van der Waals surface area contributed by atoms with Crippen LogP contribution in [0.1, 0.15) is 98.3 Å². The number of ketones is 2. The molecule has 6 nitrogen and oxygen atoms in total. The minimum Gasteiger partial charge on any atom is -0.457 e. The summed E-state index contributed by atoms with van der Waals surface area (Å²) in [7, 11) is 0. The quantitative estimate of drug-likeness (QED) is 0.486. The van der Waals surface area contributed by atoms with Gasteiger partial charge in [-0.15, -0.1) is 0 Å². The Hall–Kier alpha value is -1.53. The smallest absolute Gasteiger partial charge is 0.309 e. The van der Waals surface area contributed by atoms with E-state index in [0.717, 1.165) is 44.9 Å². The topological polar surface area (TPSA) is 101 Å². The van der Waals surface area contributed by atoms with Crippen molar-refractivity contribution in [1.29, 1.82) is 0 Å². The largest absolute Gasteiger partial charge is 0.457 e. The lowest BCUT2D eigenvalue weighted by Gasteiger charge is -2.60. The van der Waals surface area contributed by atoms with E-state index in [9.17, 15) is 24.6 Å². The van der Waals surface area contributed by atoms with Crippen molar-refractivity contribution in [1.82, 2.24) is 0 Å². The van der Waals surface area contributed by atoms with E-state index >= 15 is 0 Å². The first-order valence-electron chi connectivity index (χ1n) is 13.9. The number of ether oxygens (including phenoxy) is 1. The molecular weight excluding hydrogens is 444 g/mol. The van der Waals surface area contributed by atoms with Crippen LogP contribution in [0.2, 0.25) is 0 Å². The number of fused-ring (bicyclic) bond motifs is 5. The molecule has 0 amide bonds. The SMILES string of the molecule is CCCC[C@H](CC)C(=O)OCC(=O)[C@]1(O)CC[C@@H]2[C@H]3CCC4=CC(=O)CC[C@]4(C)[C@@H]3[C@@H](O)C[C@]21C. The van der Waals surface area contributed by atoms with E-state index in [4.69, 9.17) is 4.74 Å². The van der Waals surface area contributed by atoms with Crippen LogP contribution in [0.3, 0.4) is 0 Å². The van der Waals surface area contributed by atoms with Crippen molar-refractivity contribution >= 4 is 17.5 Å². The van der Waals surface area contributed by atoms with Gasteiger partial charge in [0.25, 0.3) is 0 Å². The molecule has 0 bridgehead atoms. The van der Waals surface area contributed by atoms with Crippen molar-refractivity contribution in [2.45, 2.75) is 110 Å². The van der Waals surface area contributed by atoms with E-state index in [1.54, 1.807) is 0 Å². The van der Waals surface area contributed by atoms with Gasteiger partial charge in [-0.3, -0.25) is 14.4 Å². The first-order valence-corrected chi connectivity index (χ1v) is 13.9. The maximum absolute atomic E-state index is 13.4. The van der Waals surface area contributed by atoms with Crippen LogP contribution in [0.4, 0.5) is 0 Å². The first kappa shape index (κ1) is 26.5. The molecule has 4 aliphatic rings. The standard InChI is InChI=1S/C29H44O6/c1-5-7-8-18(6-2)26(33)35-17-24(32)29(34)14-12-22-21-10-9-19-15-20(30)11-13-27(19,3)25(21)23(31)16-28(22,29)4/h15,18,21-23,25,31,34H,5-14,16-17H2,1-4H3/t18-,21+,22+,23-,25-,27-,28+,29+/m0/s1. The Balaban J connectivity index is 1.51. The highest BCUT2D eigenvalue weighted by atomic mass is 16.5. The Morgan fingerprint density at radius 2 is 1.91 bits per heavy atom. The maximum atomic E-state index is 13.4. The fraction of sp³-hybridized carbons (Fsp3) is 0.828. The molecule has 0 unspecified atom stereocenters. The van der Waals surface area contributed by atoms with E-state index < -0.39 is 29.5 Å². The number of hydrogen-bond donors (Lipinski definition) is 2. The number of esters is 1. The van der Waals surface area contributed by atoms with E-state index in [0.29, 0.717) is 25.7 Å². The van der Waals surface area contributed by atoms with Crippen LogP contribution < -0.4 is 0 Å². The Morgan fingerprint density at radius 1 is 1.17 bits per heavy atom. The molecule has 196 valence electrons. The van der Waals surface area contributed by atoms with Crippen molar-refractivity contribution in [2.75, 3.05) is 6.61 Å². The lowest BCUT2D eigenvalue weighted by Crippen LogP contribution is -2.62. The predicted octanol–water partition coefficient (Wildman–Crippen LogP) is 4.55. The molecule has 4 rings (SSSR count). The third kappa shape index (κ3) is 4.22. The monoisotopic (exact) mass is 488 g/mol. The van der Waals surface area contributed by atoms with Crippen LogP contribution in [0, 0.1) is 34.5 Å². The van der Waals surface area contributed by atoms with Gasteiger partial charge in [0.1, 0.15) is 5.60 Å². The van der Waals surface area contributed by atoms with Crippen LogP contribution in [0.25, 0.3) is 0 Å². The molecule has 0 aromatic rings. The van der Waals surface area contributed by atoms with Crippen LogP contribution in [-0.4, -0.2) is 46.1 Å². The maximum Gasteiger partial charge on any atom is 0.309 e. The minimum absolute atomic E-state index is 0.0350. The molecule has 0 saturated heterocycles. The van der Waals surface area contributed by atoms with Gasteiger partial charge >= 0.3 is 5.97 Å². The average molecular weight is 489 g/mol. The lowest BCUT2D eigenvalue weighted by atomic mass is 9.45. The molecule has 0 heterocycles. The van der Waals surface area contributed by atoms with Crippen LogP contribution in [0.5, 0.6) is 0 Å². The number of carbonyl (C=O) groups excluding carboxylic acids is 3. The van der Waals surface area contributed by atoms with Gasteiger partial charge in [-0.1, -0.05) is 46.1 Å². The van der Waals surface area contributed by atoms with Gasteiger partial charge < -0.3 is 14.9 Å². The zero-order chi connectivity index (χ0) is 25.6. The molecule has 0 spiro atoms. The van der Waals surface area contributed by atoms with E-state index in [1.807, 2.05) is 19.9 Å². The summed E-state index contributed by atoms with van der Waals surface area (Å²) in [5.74, 6) is -0.472. The summed E-state index contributed by atoms with van der Waals surface area (Å²) in [6, 6.07) is 0. The van der Waals surface area contributed by atoms with Gasteiger partial charge in [-0.2, -0.15) is 0 Å². The van der Waals surface area contributed by atoms with Crippen molar-refractivity contribution < 1.29 is 29.3 Å². The summed E-state index contributed by atoms with van der Waals surface area (Å²) in [4.78, 5) is 38.0. The highest BCUT2D eigenvalue weighted by molar-refractivity contribution is 5.92. The molecule has 8 atom stereocenters. The van der Waals surface area contributed by atoms with Gasteiger partial charge in [-0.05, 0) is 80.6 Å². The highest BCUT2D eigenvalue weighted by Gasteiger charge is 2.68. The van der Waals surface area contributed by atoms with E-state index in [-0.39, 0.29) is 40.8 Å². The summed E-state index contributed by atoms with van der Waals surface area (Å²) in [6.07, 6.45) is 8.91. The zero-order valence-corrected chi connectivity index (χ0v) is 22.0. The van der Waals surface area contributed by atoms with Crippen LogP contribution in [0.15, 0.2) is 11.6 Å². The molecule has 6 heteroatoms. The third-order valence-electron chi connectivity index (χ3n) is 10.6. The van der Waals surface area contributed by atoms with Crippen molar-refractivity contribution in [3.63, 3.8) is 0 Å². The molecule has 0 aliphatic heterocycles. The number of allylic oxidation sites excluding steroid dienone is 1. The van der Waals surface area contributed by atoms with Crippen molar-refractivity contribution in [3.05, 3.63) is 11.6 Å². The molecule has 0 aromatic heterocycles. The molecule has 0 aromatic carbocycles. The fourth-order valence-corrected chi connectivity index (χ4v) is 8.46. The molecule has 2 N–H and O–H groups in total. The first-order chi connectivity index (χ1) is 16.5. The van der Waals surface area contributed by atoms with Gasteiger partial charge in [-0.25, -0.2) is 0 Å². The number of rotatable bonds is 8. The summed E-state index contributed by atoms with van der Waals surface area (Å²) in [5, 5.41) is 23.3. The molecule has 3 saturated carbocycles. The normalized spacial score (nSPS) is 41.3. The van der Waals surface area contributed by atoms with Crippen LogP contribution in [-0.2, 0) is 19.1 Å². The summed E-state index contributed by atoms with van der Waals surface area (Å²) in [5.41, 5.74) is -1.39. The predicted molar refractivity (Wildman–Crippen MR) is 132 cm³/mol. The Labute approximate surface area is 209 Å². The highest BCUT2D eigenvalue weighted by Crippen LogP contribution is 2.67. The number of aliphatic hydroxyl groups is 2. The molecule has 4 aliphatic carbocycles. The summed E-state index contributed by atoms with van der Waals surface area (Å²) < 4.78 is 5.44. The third-order valence-corrected chi connectivity index (χ3v) is 10.6. The van der Waals surface area contributed by atoms with Gasteiger partial charge in [0.15, 0.2) is 12.4 Å². The molecular formula is C29H44O6. The Morgan fingerprint density at radius 3 is 2.60 bits per heavy atom. The Bertz CT molecular complexity index is 894. The van der Waals surface area contributed by atoms with E-state index in [1.165, 1.54) is 5.57 Å². The van der Waals surface area contributed by atoms with E-state index in [2.05, 4.69) is 13.8 Å². The van der Waals surface area contributed by atoms with Crippen molar-refractivity contribution in [3.8, 4) is 0 Å². The summed E-state index contributed by atoms with van der Waals surface area (Å²) >= 11 is 0. The van der Waals surface area contributed by atoms with Crippen LogP contribution >= 0.6 is 0 Å². The number of carbonyl (C=O) groups is 3. The van der Waals surface area contributed by atoms with Gasteiger partial charge in [0.05, 0.1) is 12.0 Å². The number of aliphatic hydroxyl groups excluding tert-OH is 1. The number of hydrogen-bond acceptors (Lipinski definition) is 6. The lowest BCUT2D eigenvalue weighted by molar-refractivity contribution is -0.185. The fourth-order valence-electron chi connectivity index (χ4n) is 8.46.